The van der Waals surface area contributed by atoms with Crippen LogP contribution >= 0.6 is 11.8 Å². The lowest BCUT2D eigenvalue weighted by Crippen LogP contribution is -2.61. The number of amides is 11. The van der Waals surface area contributed by atoms with Crippen molar-refractivity contribution in [3.8, 4) is 5.75 Å². The van der Waals surface area contributed by atoms with E-state index in [0.717, 1.165) is 36.2 Å². The summed E-state index contributed by atoms with van der Waals surface area (Å²) in [5.74, 6) is -11.9. The van der Waals surface area contributed by atoms with Crippen LogP contribution in [0.4, 0.5) is 0 Å². The molecule has 17 N–H and O–H groups in total. The Hall–Kier alpha value is -10.7. The second kappa shape index (κ2) is 50.1. The molecule has 640 valence electrons. The van der Waals surface area contributed by atoms with Gasteiger partial charge in [0.05, 0.1) is 26.1 Å². The van der Waals surface area contributed by atoms with Crippen molar-refractivity contribution in [3.05, 3.63) is 149 Å². The summed E-state index contributed by atoms with van der Waals surface area (Å²) in [6.45, 7) is 21.5. The molecule has 2 heterocycles. The summed E-state index contributed by atoms with van der Waals surface area (Å²) in [6.07, 6.45) is 14.3. The molecule has 5 rings (SSSR count). The van der Waals surface area contributed by atoms with Gasteiger partial charge in [0.1, 0.15) is 66.2 Å². The number of phenols is 1. The summed E-state index contributed by atoms with van der Waals surface area (Å²) in [4.78, 5) is 188. The lowest BCUT2D eigenvalue weighted by atomic mass is 9.94. The van der Waals surface area contributed by atoms with E-state index in [4.69, 9.17) is 16.2 Å². The zero-order valence-corrected chi connectivity index (χ0v) is 70.3. The number of nitrogens with one attached hydrogen (secondary N) is 11. The first-order valence-corrected chi connectivity index (χ1v) is 41.5. The van der Waals surface area contributed by atoms with Crippen molar-refractivity contribution >= 4 is 99.6 Å². The quantitative estimate of drug-likeness (QED) is 0.0111. The van der Waals surface area contributed by atoms with E-state index < -0.39 is 174 Å². The number of fused-ring (bicyclic) bond motifs is 1. The number of thioether (sulfide) groups is 1. The topological polar surface area (TPSA) is 463 Å². The predicted molar refractivity (Wildman–Crippen MR) is 451 cm³/mol. The molecule has 0 spiro atoms. The summed E-state index contributed by atoms with van der Waals surface area (Å²) in [5, 5.41) is 47.6. The average Bonchev–Trinajstić information content (AvgIpc) is 1.69. The van der Waals surface area contributed by atoms with Crippen LogP contribution < -0.4 is 64.6 Å². The summed E-state index contributed by atoms with van der Waals surface area (Å²) in [7, 11) is 1.19. The molecule has 1 aliphatic rings. The number of unbranched alkanes of at least 4 members (excludes halogenated alkanes) is 1. The lowest BCUT2D eigenvalue weighted by Gasteiger charge is -2.30. The highest BCUT2D eigenvalue weighted by Gasteiger charge is 2.42. The van der Waals surface area contributed by atoms with Crippen LogP contribution in [0.3, 0.4) is 0 Å². The number of H-pyrrole nitrogens is 1. The van der Waals surface area contributed by atoms with Crippen LogP contribution in [0.5, 0.6) is 5.75 Å². The van der Waals surface area contributed by atoms with Crippen molar-refractivity contribution in [1.82, 2.24) is 63.1 Å². The summed E-state index contributed by atoms with van der Waals surface area (Å²) >= 11 is 1.38. The molecule has 1 aliphatic heterocycles. The summed E-state index contributed by atoms with van der Waals surface area (Å²) in [5.41, 5.74) is 18.1. The number of aromatic amines is 1. The number of para-hydroxylation sites is 1. The smallest absolute Gasteiger partial charge is 0.329 e. The van der Waals surface area contributed by atoms with Gasteiger partial charge in [0.2, 0.25) is 65.0 Å². The molecule has 4 aromatic rings. The average molecular weight is 1640 g/mol. The number of carbonyl (C=O) groups is 13. The number of rotatable bonds is 50. The Bertz CT molecular complexity index is 4110. The number of methoxy groups -OCH3 is 1. The molecule has 30 nitrogen and oxygen atoms in total. The Morgan fingerprint density at radius 1 is 0.632 bits per heavy atom. The number of carbonyl (C=O) groups excluding carboxylic acids is 12. The van der Waals surface area contributed by atoms with E-state index in [-0.39, 0.29) is 63.1 Å². The van der Waals surface area contributed by atoms with Crippen LogP contribution in [0.25, 0.3) is 10.9 Å². The molecule has 1 aromatic heterocycles. The minimum absolute atomic E-state index is 0.0405. The standard InChI is InChI=1S/C86H124N14O16S/c1-13-54(9)74(99-84(113)75(55(10)14-2)98-77(106)63(88)44-59-36-38-61(101)39-37-59)83(112)92-65(34-21-22-41-87)78(107)90-49-71(102)97-73(52(6)7)82(111)94-66(45-58-29-17-16-18-30-58)79(108)93-67(46-60-48-89-64-33-20-19-32-62(60)64)80(109)95-68(47-72(103)104)85(114)100-42-25-35-70(100)81(110)91-56(11)76(105)96-69(86(115)116-12)50-117-43-40-57(15-3)31-24-28-53(8)27-23-26-51(4)5/h15-20,26,28-30,32-33,36-40,48,52,54-56,63,65-70,73-75,89,101H,3,13-14,21-25,27,31,34-35,41-47,49-50,87-88H2,1-2,4-12H3,(H,90,107)(H,91,110)(H,92,112)(H,93,108)(H,94,111)(H,95,109)(H,96,105)(H,97,102)(H,98,106)(H,99,113)(H,103,104)/b53-28+,57-40+/t54-,55-,56-,63-,65-,66-,67-,68-,69-,70-,73-,74-,75-/m0/s1. The third kappa shape index (κ3) is 32.4. The number of hydrogen-bond donors (Lipinski definition) is 15. The van der Waals surface area contributed by atoms with Gasteiger partial charge in [0.15, 0.2) is 0 Å². The number of esters is 1. The van der Waals surface area contributed by atoms with Gasteiger partial charge in [0.25, 0.3) is 0 Å². The molecule has 13 atom stereocenters. The maximum absolute atomic E-state index is 15.1. The Morgan fingerprint density at radius 3 is 1.84 bits per heavy atom. The van der Waals surface area contributed by atoms with Gasteiger partial charge in [-0.1, -0.05) is 163 Å². The van der Waals surface area contributed by atoms with Gasteiger partial charge >= 0.3 is 11.9 Å². The van der Waals surface area contributed by atoms with E-state index in [1.165, 1.54) is 49.1 Å². The van der Waals surface area contributed by atoms with Gasteiger partial charge in [0, 0.05) is 48.0 Å². The minimum Gasteiger partial charge on any atom is -0.508 e. The number of aromatic hydroxyl groups is 1. The van der Waals surface area contributed by atoms with Crippen molar-refractivity contribution in [1.29, 1.82) is 0 Å². The van der Waals surface area contributed by atoms with Crippen LogP contribution in [0.2, 0.25) is 0 Å². The Morgan fingerprint density at radius 2 is 1.21 bits per heavy atom. The number of phenolic OH excluding ortho intramolecular Hbond substituents is 1. The largest absolute Gasteiger partial charge is 0.508 e. The first kappa shape index (κ1) is 96.9. The molecule has 117 heavy (non-hydrogen) atoms. The van der Waals surface area contributed by atoms with Crippen molar-refractivity contribution in [2.24, 2.45) is 29.2 Å². The van der Waals surface area contributed by atoms with Crippen molar-refractivity contribution in [2.75, 3.05) is 38.2 Å². The van der Waals surface area contributed by atoms with E-state index >= 15 is 9.59 Å². The number of aliphatic carboxylic acids is 1. The highest BCUT2D eigenvalue weighted by molar-refractivity contribution is 7.99. The third-order valence-corrected chi connectivity index (χ3v) is 21.6. The molecule has 0 unspecified atom stereocenters. The van der Waals surface area contributed by atoms with E-state index in [1.54, 1.807) is 107 Å². The van der Waals surface area contributed by atoms with Crippen molar-refractivity contribution in [3.63, 3.8) is 0 Å². The number of hydrogen-bond acceptors (Lipinski definition) is 18. The molecule has 0 aliphatic carbocycles. The molecular weight excluding hydrogens is 1520 g/mol. The van der Waals surface area contributed by atoms with Crippen LogP contribution in [0, 0.1) is 17.8 Å². The number of nitrogens with two attached hydrogens (primary N) is 2. The van der Waals surface area contributed by atoms with Crippen LogP contribution in [0.15, 0.2) is 133 Å². The fourth-order valence-corrected chi connectivity index (χ4v) is 14.2. The fraction of sp³-hybridized carbons (Fsp3) is 0.523. The first-order valence-electron chi connectivity index (χ1n) is 40.3. The van der Waals surface area contributed by atoms with Crippen LogP contribution in [-0.4, -0.2) is 202 Å². The number of allylic oxidation sites excluding steroid dienone is 6. The summed E-state index contributed by atoms with van der Waals surface area (Å²) < 4.78 is 5.01. The normalized spacial score (nSPS) is 15.9. The first-order chi connectivity index (χ1) is 55.7. The SMILES string of the molecule is C=C/C(=C\CSC[C@H](NC(=O)[C@H](C)NC(=O)[C@@H]1CCCN1C(=O)[C@H](CC(=O)O)NC(=O)[C@H](Cc1c[nH]c2ccccc12)NC(=O)[C@H](Cc1ccccc1)NC(=O)[C@@H](NC(=O)CNC(=O)[C@H](CCCCN)NC(=O)[C@@H](NC(=O)[C@@H](NC(=O)[C@@H](N)Cc1ccc(O)cc1)[C@@H](C)CC)[C@@H](C)CC)C(C)C)C(=O)OC)CC/C=C(\C)CCC=C(C)C. The van der Waals surface area contributed by atoms with E-state index in [0.29, 0.717) is 59.0 Å². The fourth-order valence-electron chi connectivity index (χ4n) is 13.2. The zero-order chi connectivity index (χ0) is 86.4. The van der Waals surface area contributed by atoms with E-state index in [1.807, 2.05) is 19.9 Å². The number of nitrogens with zero attached hydrogens (tertiary/aromatic N) is 1. The molecule has 1 saturated heterocycles. The number of benzene rings is 3. The number of carboxylic acid groups (broad SMARTS) is 1. The van der Waals surface area contributed by atoms with E-state index in [9.17, 15) is 63.0 Å². The van der Waals surface area contributed by atoms with E-state index in [2.05, 4.69) is 97.7 Å². The van der Waals surface area contributed by atoms with Gasteiger partial charge in [-0.2, -0.15) is 11.8 Å². The van der Waals surface area contributed by atoms with Gasteiger partial charge in [-0.25, -0.2) is 4.79 Å². The van der Waals surface area contributed by atoms with Gasteiger partial charge in [-0.15, -0.1) is 0 Å². The highest BCUT2D eigenvalue weighted by atomic mass is 32.2. The van der Waals surface area contributed by atoms with Gasteiger partial charge in [-0.05, 0) is 151 Å². The lowest BCUT2D eigenvalue weighted by molar-refractivity contribution is -0.146. The number of aromatic nitrogens is 1. The monoisotopic (exact) mass is 1640 g/mol. The van der Waals surface area contributed by atoms with Crippen LogP contribution in [-0.2, 0) is 86.3 Å². The number of ether oxygens (including phenoxy) is 1. The minimum atomic E-state index is -1.82. The molecule has 0 radical (unpaired) electrons. The molecule has 1 fully saturated rings. The molecule has 0 bridgehead atoms. The Balaban J connectivity index is 1.30. The van der Waals surface area contributed by atoms with Crippen molar-refractivity contribution < 1.29 is 77.3 Å². The Kier molecular flexibility index (Phi) is 41.5. The van der Waals surface area contributed by atoms with Gasteiger partial charge < -0.3 is 89.5 Å². The molecule has 0 saturated carbocycles. The van der Waals surface area contributed by atoms with Gasteiger partial charge in [-0.3, -0.25) is 57.5 Å². The molecule has 3 aromatic carbocycles. The third-order valence-electron chi connectivity index (χ3n) is 20.6. The second-order valence-electron chi connectivity index (χ2n) is 30.5. The maximum atomic E-state index is 15.1. The highest BCUT2D eigenvalue weighted by Crippen LogP contribution is 2.24. The number of likely N-dealkylation sites (tertiary alicyclic amines) is 1. The Labute approximate surface area is 691 Å². The zero-order valence-electron chi connectivity index (χ0n) is 69.4. The molecule has 11 amide bonds. The van der Waals surface area contributed by atoms with Crippen LogP contribution in [0.1, 0.15) is 163 Å². The second-order valence-corrected chi connectivity index (χ2v) is 31.6. The maximum Gasteiger partial charge on any atom is 0.329 e. The van der Waals surface area contributed by atoms with Crippen molar-refractivity contribution in [2.45, 2.75) is 232 Å². The molecule has 31 heteroatoms. The predicted octanol–water partition coefficient (Wildman–Crippen LogP) is 5.56. The number of carboxylic acids is 1. The summed E-state index contributed by atoms with van der Waals surface area (Å²) in [6, 6.07) is 7.37. The molecular formula is C86H124N14O16S.